The van der Waals surface area contributed by atoms with Gasteiger partial charge in [-0.15, -0.1) is 11.3 Å². The van der Waals surface area contributed by atoms with Crippen LogP contribution in [0.4, 0.5) is 17.1 Å². The maximum atomic E-state index is 2.47. The van der Waals surface area contributed by atoms with Crippen LogP contribution in [0.2, 0.25) is 0 Å². The van der Waals surface area contributed by atoms with Gasteiger partial charge >= 0.3 is 0 Å². The fourth-order valence-electron chi connectivity index (χ4n) is 8.38. The molecule has 0 saturated heterocycles. The molecule has 9 aromatic carbocycles. The summed E-state index contributed by atoms with van der Waals surface area (Å²) in [6.07, 6.45) is 0. The minimum atomic E-state index is 1.11. The number of hydrogen-bond acceptors (Lipinski definition) is 2. The SMILES string of the molecule is c1ccc(-c2ccc(N(c3ccc(-n4c5ccccc5c5cc6ccccc6cc54)cc3)c3cccc4sc5ccccc5c34)c3ccccc23)cc1. The second-order valence-electron chi connectivity index (χ2n) is 13.7. The number of benzene rings is 9. The average molecular weight is 693 g/mol. The second kappa shape index (κ2) is 11.9. The van der Waals surface area contributed by atoms with Crippen molar-refractivity contribution in [3.8, 4) is 16.8 Å². The van der Waals surface area contributed by atoms with Gasteiger partial charge in [0.05, 0.1) is 22.4 Å². The summed E-state index contributed by atoms with van der Waals surface area (Å²) < 4.78 is 5.00. The third kappa shape index (κ3) is 4.71. The number of para-hydroxylation sites is 1. The molecule has 0 N–H and O–H groups in total. The first-order valence-corrected chi connectivity index (χ1v) is 18.9. The molecule has 0 aliphatic carbocycles. The van der Waals surface area contributed by atoms with Crippen LogP contribution in [0.1, 0.15) is 0 Å². The zero-order valence-corrected chi connectivity index (χ0v) is 29.6. The molecule has 0 aliphatic rings. The first-order valence-electron chi connectivity index (χ1n) is 18.1. The minimum Gasteiger partial charge on any atom is -0.309 e. The average Bonchev–Trinajstić information content (AvgIpc) is 3.76. The summed E-state index contributed by atoms with van der Waals surface area (Å²) in [5.74, 6) is 0. The summed E-state index contributed by atoms with van der Waals surface area (Å²) in [6.45, 7) is 0. The van der Waals surface area contributed by atoms with Gasteiger partial charge in [-0.2, -0.15) is 0 Å². The third-order valence-electron chi connectivity index (χ3n) is 10.8. The molecule has 2 heterocycles. The van der Waals surface area contributed by atoms with Gasteiger partial charge < -0.3 is 9.47 Å². The highest BCUT2D eigenvalue weighted by Crippen LogP contribution is 2.47. The Labute approximate surface area is 311 Å². The minimum absolute atomic E-state index is 1.11. The molecule has 0 radical (unpaired) electrons. The maximum Gasteiger partial charge on any atom is 0.0555 e. The molecular formula is C50H32N2S. The van der Waals surface area contributed by atoms with Gasteiger partial charge in [-0.05, 0) is 94.0 Å². The Morgan fingerprint density at radius 1 is 0.396 bits per heavy atom. The van der Waals surface area contributed by atoms with Gasteiger partial charge in [0.2, 0.25) is 0 Å². The van der Waals surface area contributed by atoms with Crippen molar-refractivity contribution >= 4 is 91.9 Å². The summed E-state index contributed by atoms with van der Waals surface area (Å²) in [5.41, 5.74) is 9.45. The van der Waals surface area contributed by atoms with Gasteiger partial charge in [0, 0.05) is 47.7 Å². The Hall–Kier alpha value is -6.68. The van der Waals surface area contributed by atoms with Crippen LogP contribution >= 0.6 is 11.3 Å². The van der Waals surface area contributed by atoms with Crippen LogP contribution < -0.4 is 4.90 Å². The van der Waals surface area contributed by atoms with Crippen molar-refractivity contribution in [3.05, 3.63) is 194 Å². The van der Waals surface area contributed by atoms with E-state index in [9.17, 15) is 0 Å². The normalized spacial score (nSPS) is 11.8. The van der Waals surface area contributed by atoms with Gasteiger partial charge in [0.25, 0.3) is 0 Å². The molecule has 0 atom stereocenters. The van der Waals surface area contributed by atoms with Crippen LogP contribution in [-0.2, 0) is 0 Å². The van der Waals surface area contributed by atoms with E-state index in [0.29, 0.717) is 0 Å². The second-order valence-corrected chi connectivity index (χ2v) is 14.8. The van der Waals surface area contributed by atoms with Crippen LogP contribution in [0.25, 0.3) is 80.3 Å². The molecule has 0 fully saturated rings. The van der Waals surface area contributed by atoms with Crippen molar-refractivity contribution in [1.29, 1.82) is 0 Å². The van der Waals surface area contributed by atoms with Gasteiger partial charge in [-0.1, -0.05) is 127 Å². The van der Waals surface area contributed by atoms with Crippen LogP contribution in [0.15, 0.2) is 194 Å². The molecule has 0 saturated carbocycles. The molecule has 0 unspecified atom stereocenters. The summed E-state index contributed by atoms with van der Waals surface area (Å²) in [7, 11) is 0. The highest BCUT2D eigenvalue weighted by atomic mass is 32.1. The Balaban J connectivity index is 1.15. The third-order valence-corrected chi connectivity index (χ3v) is 11.9. The van der Waals surface area contributed by atoms with E-state index in [0.717, 1.165) is 17.1 Å². The van der Waals surface area contributed by atoms with Crippen LogP contribution in [0.3, 0.4) is 0 Å². The van der Waals surface area contributed by atoms with E-state index in [1.54, 1.807) is 0 Å². The summed E-state index contributed by atoms with van der Waals surface area (Å²) in [6, 6.07) is 71.0. The molecule has 0 bridgehead atoms. The van der Waals surface area contributed by atoms with E-state index in [2.05, 4.69) is 204 Å². The van der Waals surface area contributed by atoms with E-state index in [1.807, 2.05) is 11.3 Å². The van der Waals surface area contributed by atoms with Gasteiger partial charge in [-0.25, -0.2) is 0 Å². The van der Waals surface area contributed by atoms with Crippen molar-refractivity contribution in [2.75, 3.05) is 4.90 Å². The molecule has 0 spiro atoms. The standard InChI is InChI=1S/C50H32N2S/c1-2-13-33(14-3-1)38-29-30-45(40-18-7-6-17-39(38)40)51(46-22-12-24-49-50(46)42-20-9-11-23-48(42)53-49)36-25-27-37(28-26-36)52-44-21-10-8-19-41(44)43-31-34-15-4-5-16-35(34)32-47(43)52/h1-32H. The van der Waals surface area contributed by atoms with E-state index in [4.69, 9.17) is 0 Å². The number of rotatable bonds is 5. The molecule has 11 rings (SSSR count). The number of fused-ring (bicyclic) bond motifs is 8. The summed E-state index contributed by atoms with van der Waals surface area (Å²) in [4.78, 5) is 2.47. The molecule has 53 heavy (non-hydrogen) atoms. The molecule has 2 aromatic heterocycles. The molecule has 3 heteroatoms. The first kappa shape index (κ1) is 30.0. The molecule has 248 valence electrons. The lowest BCUT2D eigenvalue weighted by Gasteiger charge is -2.28. The number of anilines is 3. The number of aromatic nitrogens is 1. The van der Waals surface area contributed by atoms with E-state index < -0.39 is 0 Å². The fourth-order valence-corrected chi connectivity index (χ4v) is 9.51. The van der Waals surface area contributed by atoms with E-state index in [1.165, 1.54) is 80.3 Å². The highest BCUT2D eigenvalue weighted by Gasteiger charge is 2.22. The molecular weight excluding hydrogens is 661 g/mol. The topological polar surface area (TPSA) is 8.17 Å². The quantitative estimate of drug-likeness (QED) is 0.174. The lowest BCUT2D eigenvalue weighted by molar-refractivity contribution is 1.18. The van der Waals surface area contributed by atoms with Gasteiger partial charge in [0.1, 0.15) is 0 Å². The number of hydrogen-bond donors (Lipinski definition) is 0. The van der Waals surface area contributed by atoms with Crippen molar-refractivity contribution in [1.82, 2.24) is 4.57 Å². The van der Waals surface area contributed by atoms with Crippen molar-refractivity contribution in [3.63, 3.8) is 0 Å². The van der Waals surface area contributed by atoms with Crippen LogP contribution in [-0.4, -0.2) is 4.57 Å². The van der Waals surface area contributed by atoms with Crippen molar-refractivity contribution in [2.45, 2.75) is 0 Å². The lowest BCUT2D eigenvalue weighted by Crippen LogP contribution is -2.11. The van der Waals surface area contributed by atoms with E-state index in [-0.39, 0.29) is 0 Å². The van der Waals surface area contributed by atoms with E-state index >= 15 is 0 Å². The van der Waals surface area contributed by atoms with Crippen molar-refractivity contribution in [2.24, 2.45) is 0 Å². The largest absolute Gasteiger partial charge is 0.309 e. The zero-order chi connectivity index (χ0) is 34.9. The molecule has 11 aromatic rings. The summed E-state index contributed by atoms with van der Waals surface area (Å²) >= 11 is 1.86. The number of nitrogens with zero attached hydrogens (tertiary/aromatic N) is 2. The van der Waals surface area contributed by atoms with Gasteiger partial charge in [0.15, 0.2) is 0 Å². The maximum absolute atomic E-state index is 2.47. The fraction of sp³-hybridized carbons (Fsp3) is 0. The number of thiophene rings is 1. The molecule has 0 aliphatic heterocycles. The monoisotopic (exact) mass is 692 g/mol. The highest BCUT2D eigenvalue weighted by molar-refractivity contribution is 7.26. The van der Waals surface area contributed by atoms with Crippen LogP contribution in [0, 0.1) is 0 Å². The first-order chi connectivity index (χ1) is 26.3. The van der Waals surface area contributed by atoms with Crippen LogP contribution in [0.5, 0.6) is 0 Å². The predicted octanol–water partition coefficient (Wildman–Crippen LogP) is 14.6. The van der Waals surface area contributed by atoms with Crippen molar-refractivity contribution < 1.29 is 0 Å². The Kier molecular flexibility index (Phi) is 6.76. The summed E-state index contributed by atoms with van der Waals surface area (Å²) in [5, 5.41) is 10.0. The lowest BCUT2D eigenvalue weighted by atomic mass is 9.96. The van der Waals surface area contributed by atoms with Gasteiger partial charge in [-0.3, -0.25) is 0 Å². The Morgan fingerprint density at radius 3 is 1.89 bits per heavy atom. The smallest absolute Gasteiger partial charge is 0.0555 e. The Morgan fingerprint density at radius 2 is 1.06 bits per heavy atom. The predicted molar refractivity (Wildman–Crippen MR) is 229 cm³/mol. The molecule has 0 amide bonds. The zero-order valence-electron chi connectivity index (χ0n) is 28.8. The molecule has 2 nitrogen and oxygen atoms in total. The Bertz CT molecular complexity index is 3170.